The summed E-state index contributed by atoms with van der Waals surface area (Å²) >= 11 is 0. The van der Waals surface area contributed by atoms with Gasteiger partial charge in [-0.2, -0.15) is 0 Å². The Morgan fingerprint density at radius 3 is 2.09 bits per heavy atom. The van der Waals surface area contributed by atoms with Gasteiger partial charge in [0, 0.05) is 36.6 Å². The molecule has 0 aliphatic rings. The zero-order chi connectivity index (χ0) is 31.7. The average molecular weight is 590 g/mol. The van der Waals surface area contributed by atoms with E-state index in [9.17, 15) is 29.7 Å². The maximum Gasteiger partial charge on any atom is 0.252 e. The highest BCUT2D eigenvalue weighted by Crippen LogP contribution is 2.21. The maximum absolute atomic E-state index is 13.5. The van der Waals surface area contributed by atoms with E-state index in [1.165, 1.54) is 30.0 Å². The molecule has 0 aromatic heterocycles. The SMILES string of the molecule is CC(=O)N(CC[C@@H](O)[C@H](Cc1ccccc1)NC(=O)c1cccc(O)c1C)[C@@H](Cc1ccc(O)cc1)C(=O)NC(C)(C)C. The lowest BCUT2D eigenvalue weighted by atomic mass is 9.97. The van der Waals surface area contributed by atoms with E-state index in [-0.39, 0.29) is 42.7 Å². The summed E-state index contributed by atoms with van der Waals surface area (Å²) in [5.74, 6) is -1.01. The first-order chi connectivity index (χ1) is 20.2. The molecule has 230 valence electrons. The van der Waals surface area contributed by atoms with Crippen molar-refractivity contribution >= 4 is 17.7 Å². The Kier molecular flexibility index (Phi) is 11.3. The van der Waals surface area contributed by atoms with Crippen LogP contribution in [0.4, 0.5) is 0 Å². The number of benzene rings is 3. The van der Waals surface area contributed by atoms with E-state index in [1.807, 2.05) is 51.1 Å². The van der Waals surface area contributed by atoms with Crippen LogP contribution in [0.5, 0.6) is 11.5 Å². The Balaban J connectivity index is 1.85. The molecule has 0 bridgehead atoms. The summed E-state index contributed by atoms with van der Waals surface area (Å²) in [6.45, 7) is 8.66. The molecule has 3 aromatic carbocycles. The minimum absolute atomic E-state index is 0.00175. The van der Waals surface area contributed by atoms with Crippen molar-refractivity contribution in [2.45, 2.75) is 77.6 Å². The normalized spacial score (nSPS) is 13.4. The molecule has 3 aromatic rings. The lowest BCUT2D eigenvalue weighted by molar-refractivity contribution is -0.140. The van der Waals surface area contributed by atoms with Crippen LogP contribution in [0.2, 0.25) is 0 Å². The Morgan fingerprint density at radius 1 is 0.860 bits per heavy atom. The number of nitrogens with zero attached hydrogens (tertiary/aromatic N) is 1. The van der Waals surface area contributed by atoms with Gasteiger partial charge in [0.05, 0.1) is 12.1 Å². The van der Waals surface area contributed by atoms with E-state index in [0.717, 1.165) is 11.1 Å². The number of nitrogens with one attached hydrogen (secondary N) is 2. The van der Waals surface area contributed by atoms with E-state index in [4.69, 9.17) is 0 Å². The molecule has 0 aliphatic heterocycles. The molecular formula is C34H43N3O6. The molecule has 0 unspecified atom stereocenters. The molecule has 0 saturated carbocycles. The Morgan fingerprint density at radius 2 is 1.49 bits per heavy atom. The number of aliphatic hydroxyl groups is 1. The summed E-state index contributed by atoms with van der Waals surface area (Å²) in [6.07, 6.45) is -0.444. The predicted octanol–water partition coefficient (Wildman–Crippen LogP) is 3.87. The van der Waals surface area contributed by atoms with Gasteiger partial charge in [-0.25, -0.2) is 0 Å². The predicted molar refractivity (Wildman–Crippen MR) is 166 cm³/mol. The van der Waals surface area contributed by atoms with Crippen LogP contribution in [0, 0.1) is 6.92 Å². The Hall–Kier alpha value is -4.37. The third-order valence-electron chi connectivity index (χ3n) is 7.24. The van der Waals surface area contributed by atoms with Crippen LogP contribution in [0.15, 0.2) is 72.8 Å². The molecule has 9 heteroatoms. The number of carbonyl (C=O) groups is 3. The Bertz CT molecular complexity index is 1390. The molecule has 0 saturated heterocycles. The molecule has 3 amide bonds. The number of aromatic hydroxyl groups is 2. The van der Waals surface area contributed by atoms with Gasteiger partial charge in [0.25, 0.3) is 5.91 Å². The molecule has 0 fully saturated rings. The summed E-state index contributed by atoms with van der Waals surface area (Å²) in [7, 11) is 0. The molecule has 43 heavy (non-hydrogen) atoms. The van der Waals surface area contributed by atoms with Crippen molar-refractivity contribution in [1.82, 2.24) is 15.5 Å². The van der Waals surface area contributed by atoms with Crippen LogP contribution in [-0.2, 0) is 22.4 Å². The fourth-order valence-electron chi connectivity index (χ4n) is 4.92. The van der Waals surface area contributed by atoms with E-state index in [0.29, 0.717) is 17.5 Å². The van der Waals surface area contributed by atoms with Gasteiger partial charge >= 0.3 is 0 Å². The third kappa shape index (κ3) is 9.85. The summed E-state index contributed by atoms with van der Waals surface area (Å²) in [4.78, 5) is 41.1. The van der Waals surface area contributed by atoms with Crippen molar-refractivity contribution in [2.75, 3.05) is 6.54 Å². The number of phenolic OH excluding ortho intramolecular Hbond substituents is 2. The third-order valence-corrected chi connectivity index (χ3v) is 7.24. The zero-order valence-corrected chi connectivity index (χ0v) is 25.5. The van der Waals surface area contributed by atoms with Gasteiger partial charge < -0.3 is 30.9 Å². The van der Waals surface area contributed by atoms with E-state index >= 15 is 0 Å². The monoisotopic (exact) mass is 589 g/mol. The van der Waals surface area contributed by atoms with Crippen LogP contribution in [0.3, 0.4) is 0 Å². The van der Waals surface area contributed by atoms with Crippen LogP contribution in [0.25, 0.3) is 0 Å². The number of aliphatic hydroxyl groups excluding tert-OH is 1. The van der Waals surface area contributed by atoms with E-state index in [2.05, 4.69) is 10.6 Å². The topological polar surface area (TPSA) is 139 Å². The number of phenols is 2. The number of hydrogen-bond acceptors (Lipinski definition) is 6. The highest BCUT2D eigenvalue weighted by atomic mass is 16.3. The molecule has 0 aliphatic carbocycles. The fraction of sp³-hybridized carbons (Fsp3) is 0.382. The largest absolute Gasteiger partial charge is 0.508 e. The minimum atomic E-state index is -1.07. The smallest absolute Gasteiger partial charge is 0.252 e. The van der Waals surface area contributed by atoms with Gasteiger partial charge in [-0.3, -0.25) is 14.4 Å². The van der Waals surface area contributed by atoms with Crippen molar-refractivity contribution in [3.8, 4) is 11.5 Å². The first kappa shape index (κ1) is 33.1. The van der Waals surface area contributed by atoms with Gasteiger partial charge in [-0.15, -0.1) is 0 Å². The van der Waals surface area contributed by atoms with Crippen molar-refractivity contribution < 1.29 is 29.7 Å². The summed E-state index contributed by atoms with van der Waals surface area (Å²) in [5, 5.41) is 37.1. The lowest BCUT2D eigenvalue weighted by Crippen LogP contribution is -2.55. The van der Waals surface area contributed by atoms with Gasteiger partial charge in [0.15, 0.2) is 0 Å². The minimum Gasteiger partial charge on any atom is -0.508 e. The highest BCUT2D eigenvalue weighted by molar-refractivity contribution is 5.96. The second kappa shape index (κ2) is 14.7. The molecule has 3 atom stereocenters. The molecule has 3 rings (SSSR count). The quantitative estimate of drug-likeness (QED) is 0.217. The summed E-state index contributed by atoms with van der Waals surface area (Å²) < 4.78 is 0. The van der Waals surface area contributed by atoms with Crippen LogP contribution < -0.4 is 10.6 Å². The molecule has 0 heterocycles. The second-order valence-corrected chi connectivity index (χ2v) is 11.9. The number of amides is 3. The molecule has 0 radical (unpaired) electrons. The maximum atomic E-state index is 13.5. The molecule has 5 N–H and O–H groups in total. The van der Waals surface area contributed by atoms with E-state index in [1.54, 1.807) is 31.2 Å². The first-order valence-corrected chi connectivity index (χ1v) is 14.4. The van der Waals surface area contributed by atoms with Gasteiger partial charge in [0.1, 0.15) is 17.5 Å². The second-order valence-electron chi connectivity index (χ2n) is 11.9. The van der Waals surface area contributed by atoms with Crippen molar-refractivity contribution in [2.24, 2.45) is 0 Å². The van der Waals surface area contributed by atoms with Crippen molar-refractivity contribution in [3.63, 3.8) is 0 Å². The lowest BCUT2D eigenvalue weighted by Gasteiger charge is -2.34. The van der Waals surface area contributed by atoms with Gasteiger partial charge in [-0.1, -0.05) is 48.5 Å². The van der Waals surface area contributed by atoms with Crippen LogP contribution in [-0.4, -0.2) is 68.2 Å². The fourth-order valence-corrected chi connectivity index (χ4v) is 4.92. The summed E-state index contributed by atoms with van der Waals surface area (Å²) in [5.41, 5.74) is 1.84. The first-order valence-electron chi connectivity index (χ1n) is 14.4. The van der Waals surface area contributed by atoms with Gasteiger partial charge in [-0.05, 0) is 75.9 Å². The Labute approximate surface area is 253 Å². The standard InChI is InChI=1S/C34H43N3O6/c1-22-27(12-9-13-30(22)40)32(42)35-28(20-24-10-7-6-8-11-24)31(41)18-19-37(23(2)38)29(33(43)36-34(3,4)5)21-25-14-16-26(39)17-15-25/h6-17,28-29,31,39-41H,18-21H2,1-5H3,(H,35,42)(H,36,43)/t28-,29-,31+/m0/s1. The summed E-state index contributed by atoms with van der Waals surface area (Å²) in [6, 6.07) is 19.0. The molecular weight excluding hydrogens is 546 g/mol. The van der Waals surface area contributed by atoms with Crippen LogP contribution in [0.1, 0.15) is 61.2 Å². The van der Waals surface area contributed by atoms with Crippen molar-refractivity contribution in [3.05, 3.63) is 95.1 Å². The average Bonchev–Trinajstić information content (AvgIpc) is 2.94. The molecule has 9 nitrogen and oxygen atoms in total. The van der Waals surface area contributed by atoms with Gasteiger partial charge in [0.2, 0.25) is 11.8 Å². The van der Waals surface area contributed by atoms with E-state index < -0.39 is 29.6 Å². The number of carbonyl (C=O) groups excluding carboxylic acids is 3. The van der Waals surface area contributed by atoms with Crippen LogP contribution >= 0.6 is 0 Å². The molecule has 0 spiro atoms. The number of hydrogen-bond donors (Lipinski definition) is 5. The number of rotatable bonds is 12. The highest BCUT2D eigenvalue weighted by Gasteiger charge is 2.32. The van der Waals surface area contributed by atoms with Crippen molar-refractivity contribution in [1.29, 1.82) is 0 Å². The zero-order valence-electron chi connectivity index (χ0n) is 25.5.